The third-order valence-corrected chi connectivity index (χ3v) is 12.0. The molecular weight excluding hydrogens is 915 g/mol. The highest BCUT2D eigenvalue weighted by molar-refractivity contribution is 6.03. The fourth-order valence-corrected chi connectivity index (χ4v) is 7.98. The first-order valence-electron chi connectivity index (χ1n) is 22.6. The van der Waals surface area contributed by atoms with Crippen molar-refractivity contribution in [1.82, 2.24) is 20.2 Å². The number of phenolic OH excluding ortho intramolecular Hbond substituents is 1. The molecule has 0 fully saturated rings. The number of carbonyl (C=O) groups is 5. The molecule has 0 saturated carbocycles. The summed E-state index contributed by atoms with van der Waals surface area (Å²) in [6.07, 6.45) is -7.42. The lowest BCUT2D eigenvalue weighted by Crippen LogP contribution is -2.45. The molecule has 2 amide bonds. The number of fused-ring (bicyclic) bond motifs is 5. The van der Waals surface area contributed by atoms with E-state index in [-0.39, 0.29) is 78.5 Å². The summed E-state index contributed by atoms with van der Waals surface area (Å²) in [5, 5.41) is 45.2. The maximum Gasteiger partial charge on any atom is 0.326 e. The maximum atomic E-state index is 14.8. The summed E-state index contributed by atoms with van der Waals surface area (Å²) in [5.74, 6) is -8.91. The Balaban J connectivity index is 1.65. The molecule has 0 radical (unpaired) electrons. The number of alkyl halides is 2. The molecule has 5 rings (SSSR count). The number of nitrogens with one attached hydrogen (secondary N) is 1. The van der Waals surface area contributed by atoms with Gasteiger partial charge < -0.3 is 63.1 Å². The van der Waals surface area contributed by atoms with E-state index in [9.17, 15) is 53.2 Å². The van der Waals surface area contributed by atoms with Gasteiger partial charge in [-0.3, -0.25) is 19.2 Å². The smallest absolute Gasteiger partial charge is 0.326 e. The van der Waals surface area contributed by atoms with Crippen molar-refractivity contribution in [1.29, 1.82) is 0 Å². The Labute approximate surface area is 403 Å². The molecule has 0 unspecified atom stereocenters. The van der Waals surface area contributed by atoms with Crippen molar-refractivity contribution < 1.29 is 62.7 Å². The number of rotatable bonds is 18. The van der Waals surface area contributed by atoms with Gasteiger partial charge in [0, 0.05) is 67.9 Å². The second-order valence-corrected chi connectivity index (χ2v) is 18.4. The number of ketones is 2. The first kappa shape index (κ1) is 54.3. The molecule has 0 spiro atoms. The average molecular weight is 977 g/mol. The van der Waals surface area contributed by atoms with E-state index in [0.717, 1.165) is 10.5 Å². The summed E-state index contributed by atoms with van der Waals surface area (Å²) >= 11 is 0. The Bertz CT molecular complexity index is 2560. The van der Waals surface area contributed by atoms with Crippen LogP contribution in [0.4, 0.5) is 14.6 Å². The number of carboxylic acid groups (broad SMARTS) is 1. The van der Waals surface area contributed by atoms with Crippen molar-refractivity contribution in [3.8, 4) is 39.8 Å². The first-order valence-corrected chi connectivity index (χ1v) is 22.6. The highest BCUT2D eigenvalue weighted by Crippen LogP contribution is 2.45. The fourth-order valence-electron chi connectivity index (χ4n) is 7.98. The first-order chi connectivity index (χ1) is 33.0. The Morgan fingerprint density at radius 3 is 2.10 bits per heavy atom. The zero-order chi connectivity index (χ0) is 51.8. The number of aromatic nitrogens is 2. The van der Waals surface area contributed by atoms with E-state index in [1.165, 1.54) is 44.3 Å². The number of anilines is 1. The quantitative estimate of drug-likeness (QED) is 0.0647. The van der Waals surface area contributed by atoms with Crippen molar-refractivity contribution in [3.63, 3.8) is 0 Å². The number of amides is 2. The molecule has 13 N–H and O–H groups in total. The Morgan fingerprint density at radius 2 is 1.53 bits per heavy atom. The van der Waals surface area contributed by atoms with Gasteiger partial charge in [0.1, 0.15) is 54.8 Å². The van der Waals surface area contributed by atoms with Gasteiger partial charge in [0.25, 0.3) is 6.43 Å². The van der Waals surface area contributed by atoms with E-state index in [0.29, 0.717) is 11.1 Å². The van der Waals surface area contributed by atoms with Gasteiger partial charge in [0.15, 0.2) is 28.9 Å². The van der Waals surface area contributed by atoms with Gasteiger partial charge in [0.05, 0.1) is 5.56 Å². The van der Waals surface area contributed by atoms with Crippen LogP contribution in [0.15, 0.2) is 54.6 Å². The number of ether oxygens (including phenoxy) is 2. The zero-order valence-electron chi connectivity index (χ0n) is 39.7. The topological polar surface area (TPSA) is 330 Å². The number of nitrogens with zero attached hydrogens (tertiary/aromatic N) is 3. The molecule has 1 aliphatic rings. The second-order valence-electron chi connectivity index (χ2n) is 18.4. The number of carboxylic acids is 1. The number of halogens is 2. The van der Waals surface area contributed by atoms with Crippen LogP contribution in [0.25, 0.3) is 22.5 Å². The lowest BCUT2D eigenvalue weighted by molar-refractivity contribution is -0.144. The number of likely N-dealkylation sites (N-methyl/N-ethyl adjacent to an activating group) is 1. The number of aliphatic hydroxyl groups is 2. The molecule has 70 heavy (non-hydrogen) atoms. The van der Waals surface area contributed by atoms with Crippen LogP contribution in [0.3, 0.4) is 0 Å². The highest BCUT2D eigenvalue weighted by atomic mass is 19.3. The van der Waals surface area contributed by atoms with Crippen LogP contribution in [0.2, 0.25) is 0 Å². The molecule has 21 heteroatoms. The number of nitrogen functional groups attached to an aromatic ring is 1. The molecule has 1 aromatic heterocycles. The number of hydrogen-bond acceptors (Lipinski definition) is 16. The number of hydrogen-bond donors (Lipinski definition) is 9. The zero-order valence-corrected chi connectivity index (χ0v) is 39.7. The minimum atomic E-state index is -3.29. The standard InChI is InChI=1S/C49H62F2N8O11/c1-24-14-36(63)41(59(5)47(66)27(12-13-52)18-35(62)39-40(43(50)51)57-45(58-44(39)55)26-7-9-29(10-8-26)49(2,3)4)28-17-33(42(64)38(19-28)70-23-31(61)21-54)32-15-25(16-34(48(67)68)56-46(24)65)6-11-37(32)69-22-30(60)20-53/h6-11,15,17,19,24,27,30-31,34,41,43,60-61,64H,12-14,16,18,20-23,52-54H2,1-5H3,(H,56,65)(H,67,68)(H2,55,57,58)/t24-,27-,30-,31-,34+,41+/m1/s1. The molecule has 4 bridgehead atoms. The number of Topliss-reactive ketones (excluding diaryl/α,β-unsaturated/α-hetero) is 2. The number of carbonyl (C=O) groups excluding carboxylic acids is 4. The van der Waals surface area contributed by atoms with Gasteiger partial charge in [-0.1, -0.05) is 58.0 Å². The molecule has 3 aromatic carbocycles. The molecule has 6 atom stereocenters. The van der Waals surface area contributed by atoms with Crippen LogP contribution in [0.5, 0.6) is 17.2 Å². The number of benzene rings is 3. The van der Waals surface area contributed by atoms with Crippen molar-refractivity contribution in [3.05, 3.63) is 82.5 Å². The predicted octanol–water partition coefficient (Wildman–Crippen LogP) is 3.19. The third-order valence-electron chi connectivity index (χ3n) is 12.0. The summed E-state index contributed by atoms with van der Waals surface area (Å²) in [7, 11) is 1.24. The Morgan fingerprint density at radius 1 is 0.900 bits per heavy atom. The number of phenols is 1. The third kappa shape index (κ3) is 13.0. The molecule has 4 aromatic rings. The number of aliphatic hydroxyl groups excluding tert-OH is 2. The minimum Gasteiger partial charge on any atom is -0.504 e. The maximum absolute atomic E-state index is 14.8. The average Bonchev–Trinajstić information content (AvgIpc) is 3.31. The second kappa shape index (κ2) is 23.3. The number of nitrogens with two attached hydrogens (primary N) is 4. The van der Waals surface area contributed by atoms with Crippen LogP contribution in [-0.4, -0.2) is 123 Å². The molecule has 2 heterocycles. The van der Waals surface area contributed by atoms with E-state index >= 15 is 0 Å². The van der Waals surface area contributed by atoms with Gasteiger partial charge in [-0.25, -0.2) is 23.5 Å². The van der Waals surface area contributed by atoms with E-state index in [1.54, 1.807) is 24.3 Å². The van der Waals surface area contributed by atoms with Gasteiger partial charge in [-0.05, 0) is 59.3 Å². The van der Waals surface area contributed by atoms with Crippen molar-refractivity contribution in [2.75, 3.05) is 45.6 Å². The molecule has 0 aliphatic carbocycles. The van der Waals surface area contributed by atoms with Crippen molar-refractivity contribution >= 4 is 35.2 Å². The highest BCUT2D eigenvalue weighted by Gasteiger charge is 2.38. The van der Waals surface area contributed by atoms with Gasteiger partial charge in [0.2, 0.25) is 11.8 Å². The Kier molecular flexibility index (Phi) is 18.1. The number of aromatic hydroxyl groups is 1. The normalized spacial score (nSPS) is 17.8. The van der Waals surface area contributed by atoms with Gasteiger partial charge >= 0.3 is 5.97 Å². The van der Waals surface area contributed by atoms with Crippen molar-refractivity contribution in [2.24, 2.45) is 29.0 Å². The molecule has 1 aliphatic heterocycles. The molecule has 378 valence electrons. The van der Waals surface area contributed by atoms with E-state index < -0.39 is 114 Å². The summed E-state index contributed by atoms with van der Waals surface area (Å²) in [5.41, 5.74) is 23.3. The van der Waals surface area contributed by atoms with E-state index in [2.05, 4.69) is 15.3 Å². The van der Waals surface area contributed by atoms with Crippen LogP contribution in [0, 0.1) is 11.8 Å². The monoisotopic (exact) mass is 976 g/mol. The van der Waals surface area contributed by atoms with Crippen LogP contribution in [-0.2, 0) is 31.0 Å². The molecular formula is C49H62F2N8O11. The van der Waals surface area contributed by atoms with Gasteiger partial charge in [-0.2, -0.15) is 0 Å². The summed E-state index contributed by atoms with van der Waals surface area (Å²) in [6.45, 7) is 6.01. The van der Waals surface area contributed by atoms with Gasteiger partial charge in [-0.15, -0.1) is 0 Å². The molecule has 19 nitrogen and oxygen atoms in total. The summed E-state index contributed by atoms with van der Waals surface area (Å²) < 4.78 is 41.4. The van der Waals surface area contributed by atoms with Crippen LogP contribution < -0.4 is 37.7 Å². The van der Waals surface area contributed by atoms with E-state index in [1.807, 2.05) is 20.8 Å². The lowest BCUT2D eigenvalue weighted by Gasteiger charge is -2.32. The SMILES string of the molecule is C[C@@H]1CC(=O)[C@@H](N(C)C(=O)[C@H](CCN)CC(=O)c2c(N)nc(-c3ccc(C(C)(C)C)cc3)nc2C(F)F)c2cc(OC[C@H](O)CN)c(O)c(c2)-c2cc(ccc2OC[C@H](O)CN)C[C@@H](C(=O)O)NC1=O. The minimum absolute atomic E-state index is 0.0149. The van der Waals surface area contributed by atoms with Crippen LogP contribution >= 0.6 is 0 Å². The number of aliphatic carboxylic acids is 1. The summed E-state index contributed by atoms with van der Waals surface area (Å²) in [6, 6.07) is 10.8. The van der Waals surface area contributed by atoms with Crippen molar-refractivity contribution in [2.45, 2.75) is 89.5 Å². The summed E-state index contributed by atoms with van der Waals surface area (Å²) in [4.78, 5) is 79.1. The molecule has 0 saturated heterocycles. The lowest BCUT2D eigenvalue weighted by atomic mass is 9.86. The van der Waals surface area contributed by atoms with E-state index in [4.69, 9.17) is 32.4 Å². The Hall–Kier alpha value is -6.65. The largest absolute Gasteiger partial charge is 0.504 e. The predicted molar refractivity (Wildman–Crippen MR) is 254 cm³/mol. The fraction of sp³-hybridized carbons (Fsp3) is 0.449. The van der Waals surface area contributed by atoms with Crippen LogP contribution in [0.1, 0.15) is 92.2 Å².